The Hall–Kier alpha value is -2.05. The number of thiazole rings is 1. The molecule has 3 aromatic rings. The van der Waals surface area contributed by atoms with Crippen molar-refractivity contribution < 1.29 is 4.79 Å². The first kappa shape index (κ1) is 14.5. The zero-order valence-corrected chi connectivity index (χ0v) is 14.0. The number of nitrogens with one attached hydrogen (secondary N) is 1. The summed E-state index contributed by atoms with van der Waals surface area (Å²) in [6.45, 7) is 0.813. The molecule has 1 saturated heterocycles. The van der Waals surface area contributed by atoms with E-state index in [2.05, 4.69) is 17.4 Å². The summed E-state index contributed by atoms with van der Waals surface area (Å²) in [5.74, 6) is 1.78. The van der Waals surface area contributed by atoms with E-state index in [1.54, 1.807) is 23.1 Å². The fourth-order valence-electron chi connectivity index (χ4n) is 2.49. The predicted molar refractivity (Wildman–Crippen MR) is 98.1 cm³/mol. The second-order valence-electron chi connectivity index (χ2n) is 5.30. The maximum Gasteiger partial charge on any atom is 0.322 e. The summed E-state index contributed by atoms with van der Waals surface area (Å²) in [4.78, 5) is 18.7. The lowest BCUT2D eigenvalue weighted by molar-refractivity contribution is 0.225. The number of aromatic nitrogens is 1. The molecular formula is C17H15N3OS2. The van der Waals surface area contributed by atoms with Gasteiger partial charge in [-0.25, -0.2) is 9.78 Å². The van der Waals surface area contributed by atoms with E-state index in [1.165, 1.54) is 0 Å². The molecule has 0 bridgehead atoms. The summed E-state index contributed by atoms with van der Waals surface area (Å²) in [5.41, 5.74) is 2.83. The highest BCUT2D eigenvalue weighted by molar-refractivity contribution is 7.99. The number of urea groups is 1. The maximum absolute atomic E-state index is 12.2. The van der Waals surface area contributed by atoms with Crippen molar-refractivity contribution >= 4 is 45.0 Å². The van der Waals surface area contributed by atoms with Gasteiger partial charge in [-0.15, -0.1) is 23.1 Å². The molecular weight excluding hydrogens is 326 g/mol. The fraction of sp³-hybridized carbons (Fsp3) is 0.176. The number of carbonyl (C=O) groups is 1. The SMILES string of the molecule is O=C(Nc1ccc2sc(-c3ccccc3)nc2c1)N1CCSC1. The second-order valence-corrected chi connectivity index (χ2v) is 7.40. The molecule has 1 aliphatic rings. The van der Waals surface area contributed by atoms with Crippen LogP contribution >= 0.6 is 23.1 Å². The maximum atomic E-state index is 12.2. The van der Waals surface area contributed by atoms with Gasteiger partial charge in [-0.3, -0.25) is 0 Å². The summed E-state index contributed by atoms with van der Waals surface area (Å²) < 4.78 is 1.12. The number of amides is 2. The van der Waals surface area contributed by atoms with Gasteiger partial charge in [0.25, 0.3) is 0 Å². The Morgan fingerprint density at radius 3 is 2.83 bits per heavy atom. The lowest BCUT2D eigenvalue weighted by atomic mass is 10.2. The highest BCUT2D eigenvalue weighted by Crippen LogP contribution is 2.31. The lowest BCUT2D eigenvalue weighted by Gasteiger charge is -2.15. The molecule has 0 aliphatic carbocycles. The van der Waals surface area contributed by atoms with Gasteiger partial charge in [0, 0.05) is 23.5 Å². The van der Waals surface area contributed by atoms with Crippen LogP contribution in [0.4, 0.5) is 10.5 Å². The van der Waals surface area contributed by atoms with Crippen molar-refractivity contribution in [3.8, 4) is 10.6 Å². The molecule has 6 heteroatoms. The standard InChI is InChI=1S/C17H15N3OS2/c21-17(20-8-9-22-11-20)18-13-6-7-15-14(10-13)19-16(23-15)12-4-2-1-3-5-12/h1-7,10H,8-9,11H2,(H,18,21). The number of hydrogen-bond acceptors (Lipinski definition) is 4. The minimum Gasteiger partial charge on any atom is -0.314 e. The third-order valence-electron chi connectivity index (χ3n) is 3.70. The van der Waals surface area contributed by atoms with Gasteiger partial charge in [0.1, 0.15) is 5.01 Å². The molecule has 0 unspecified atom stereocenters. The van der Waals surface area contributed by atoms with Gasteiger partial charge >= 0.3 is 6.03 Å². The van der Waals surface area contributed by atoms with E-state index in [0.717, 1.165) is 44.6 Å². The number of fused-ring (bicyclic) bond motifs is 1. The molecule has 4 nitrogen and oxygen atoms in total. The Morgan fingerprint density at radius 2 is 2.04 bits per heavy atom. The summed E-state index contributed by atoms with van der Waals surface area (Å²) in [6.07, 6.45) is 0. The van der Waals surface area contributed by atoms with Crippen LogP contribution in [0.5, 0.6) is 0 Å². The Bertz CT molecular complexity index is 841. The zero-order valence-electron chi connectivity index (χ0n) is 12.4. The van der Waals surface area contributed by atoms with E-state index in [1.807, 2.05) is 41.3 Å². The van der Waals surface area contributed by atoms with E-state index in [-0.39, 0.29) is 6.03 Å². The molecule has 0 spiro atoms. The van der Waals surface area contributed by atoms with Crippen molar-refractivity contribution in [3.63, 3.8) is 0 Å². The molecule has 1 fully saturated rings. The first-order valence-corrected chi connectivity index (χ1v) is 9.36. The van der Waals surface area contributed by atoms with Crippen LogP contribution in [-0.4, -0.2) is 34.1 Å². The summed E-state index contributed by atoms with van der Waals surface area (Å²) in [5, 5.41) is 3.96. The van der Waals surface area contributed by atoms with Crippen LogP contribution in [-0.2, 0) is 0 Å². The van der Waals surface area contributed by atoms with Gasteiger partial charge in [-0.2, -0.15) is 0 Å². The van der Waals surface area contributed by atoms with Crippen molar-refractivity contribution in [2.75, 3.05) is 23.5 Å². The van der Waals surface area contributed by atoms with Crippen molar-refractivity contribution in [3.05, 3.63) is 48.5 Å². The van der Waals surface area contributed by atoms with Crippen LogP contribution in [0.1, 0.15) is 0 Å². The van der Waals surface area contributed by atoms with Crippen LogP contribution in [0.25, 0.3) is 20.8 Å². The number of benzene rings is 2. The molecule has 0 saturated carbocycles. The smallest absolute Gasteiger partial charge is 0.314 e. The van der Waals surface area contributed by atoms with Gasteiger partial charge in [0.05, 0.1) is 16.1 Å². The fourth-order valence-corrected chi connectivity index (χ4v) is 4.38. The molecule has 2 aromatic carbocycles. The molecule has 4 rings (SSSR count). The van der Waals surface area contributed by atoms with Crippen molar-refractivity contribution in [2.45, 2.75) is 0 Å². The number of rotatable bonds is 2. The molecule has 1 aromatic heterocycles. The molecule has 2 amide bonds. The number of thioether (sulfide) groups is 1. The van der Waals surface area contributed by atoms with Crippen LogP contribution in [0.2, 0.25) is 0 Å². The van der Waals surface area contributed by atoms with Crippen molar-refractivity contribution in [1.29, 1.82) is 0 Å². The third-order valence-corrected chi connectivity index (χ3v) is 5.75. The highest BCUT2D eigenvalue weighted by atomic mass is 32.2. The second kappa shape index (κ2) is 6.22. The Labute approximate surface area is 142 Å². The average molecular weight is 341 g/mol. The minimum absolute atomic E-state index is 0.0344. The Morgan fingerprint density at radius 1 is 1.17 bits per heavy atom. The van der Waals surface area contributed by atoms with E-state index >= 15 is 0 Å². The highest BCUT2D eigenvalue weighted by Gasteiger charge is 2.18. The molecule has 0 radical (unpaired) electrons. The topological polar surface area (TPSA) is 45.2 Å². The summed E-state index contributed by atoms with van der Waals surface area (Å²) >= 11 is 3.44. The van der Waals surface area contributed by atoms with Crippen LogP contribution < -0.4 is 5.32 Å². The van der Waals surface area contributed by atoms with Gasteiger partial charge in [0.15, 0.2) is 0 Å². The largest absolute Gasteiger partial charge is 0.322 e. The third kappa shape index (κ3) is 3.04. The van der Waals surface area contributed by atoms with Crippen LogP contribution in [0, 0.1) is 0 Å². The Kier molecular flexibility index (Phi) is 3.93. The number of carbonyl (C=O) groups excluding carboxylic acids is 1. The van der Waals surface area contributed by atoms with E-state index in [0.29, 0.717) is 0 Å². The first-order valence-electron chi connectivity index (χ1n) is 7.39. The average Bonchev–Trinajstić information content (AvgIpc) is 3.25. The molecule has 1 N–H and O–H groups in total. The quantitative estimate of drug-likeness (QED) is 0.746. The molecule has 0 atom stereocenters. The van der Waals surface area contributed by atoms with Crippen LogP contribution in [0.15, 0.2) is 48.5 Å². The number of hydrogen-bond donors (Lipinski definition) is 1. The van der Waals surface area contributed by atoms with E-state index in [9.17, 15) is 4.79 Å². The van der Waals surface area contributed by atoms with Crippen molar-refractivity contribution in [2.24, 2.45) is 0 Å². The number of anilines is 1. The van der Waals surface area contributed by atoms with Gasteiger partial charge in [0.2, 0.25) is 0 Å². The molecule has 2 heterocycles. The van der Waals surface area contributed by atoms with Gasteiger partial charge in [-0.05, 0) is 18.2 Å². The van der Waals surface area contributed by atoms with Crippen LogP contribution in [0.3, 0.4) is 0 Å². The normalized spacial score (nSPS) is 14.3. The zero-order chi connectivity index (χ0) is 15.6. The number of nitrogens with zero attached hydrogens (tertiary/aromatic N) is 2. The van der Waals surface area contributed by atoms with Gasteiger partial charge in [-0.1, -0.05) is 30.3 Å². The molecule has 1 aliphatic heterocycles. The van der Waals surface area contributed by atoms with Gasteiger partial charge < -0.3 is 10.2 Å². The molecule has 116 valence electrons. The summed E-state index contributed by atoms with van der Waals surface area (Å²) in [7, 11) is 0. The summed E-state index contributed by atoms with van der Waals surface area (Å²) in [6, 6.07) is 16.0. The Balaban J connectivity index is 1.59. The minimum atomic E-state index is -0.0344. The predicted octanol–water partition coefficient (Wildman–Crippen LogP) is 4.50. The lowest BCUT2D eigenvalue weighted by Crippen LogP contribution is -2.32. The molecule has 23 heavy (non-hydrogen) atoms. The van der Waals surface area contributed by atoms with E-state index < -0.39 is 0 Å². The van der Waals surface area contributed by atoms with E-state index in [4.69, 9.17) is 4.98 Å². The van der Waals surface area contributed by atoms with Crippen molar-refractivity contribution in [1.82, 2.24) is 9.88 Å². The monoisotopic (exact) mass is 341 g/mol. The first-order chi connectivity index (χ1) is 11.3.